The molecule has 0 spiro atoms. The van der Waals surface area contributed by atoms with Crippen LogP contribution in [-0.4, -0.2) is 25.8 Å². The second-order valence-electron chi connectivity index (χ2n) is 5.31. The number of hydrogen-bond acceptors (Lipinski definition) is 3. The molecule has 2 aromatic rings. The maximum atomic E-state index is 11.4. The molecule has 1 atom stereocenters. The number of fused-ring (bicyclic) bond motifs is 1. The molecule has 1 unspecified atom stereocenters. The van der Waals surface area contributed by atoms with E-state index in [1.807, 2.05) is 11.5 Å². The topological polar surface area (TPSA) is 68.0 Å². The normalized spacial score (nSPS) is 17.8. The first-order chi connectivity index (χ1) is 9.65. The third-order valence-corrected chi connectivity index (χ3v) is 3.79. The van der Waals surface area contributed by atoms with Gasteiger partial charge in [-0.2, -0.15) is 0 Å². The summed E-state index contributed by atoms with van der Waals surface area (Å²) in [5.74, 6) is 0.748. The number of aliphatic carboxylic acids is 1. The summed E-state index contributed by atoms with van der Waals surface area (Å²) in [5, 5.41) is 17.7. The molecule has 104 valence electrons. The maximum Gasteiger partial charge on any atom is 0.326 e. The van der Waals surface area contributed by atoms with Crippen molar-refractivity contribution in [1.29, 1.82) is 0 Å². The summed E-state index contributed by atoms with van der Waals surface area (Å²) in [6.45, 7) is 2.04. The fourth-order valence-electron chi connectivity index (χ4n) is 2.72. The third-order valence-electron chi connectivity index (χ3n) is 3.79. The summed E-state index contributed by atoms with van der Waals surface area (Å²) in [6.07, 6.45) is 2.95. The number of rotatable bonds is 3. The fraction of sp³-hybridized carbons (Fsp3) is 0.400. The number of carboxylic acid groups (broad SMARTS) is 1. The molecule has 0 fully saturated rings. The Morgan fingerprint density at radius 2 is 2.10 bits per heavy atom. The summed E-state index contributed by atoms with van der Waals surface area (Å²) in [7, 11) is 0. The highest BCUT2D eigenvalue weighted by molar-refractivity contribution is 5.72. The molecule has 1 aliphatic heterocycles. The van der Waals surface area contributed by atoms with Crippen molar-refractivity contribution in [1.82, 2.24) is 14.8 Å². The first kappa shape index (κ1) is 12.8. The molecule has 5 heteroatoms. The van der Waals surface area contributed by atoms with E-state index in [9.17, 15) is 9.90 Å². The molecule has 0 saturated heterocycles. The van der Waals surface area contributed by atoms with E-state index in [1.165, 1.54) is 5.56 Å². The Morgan fingerprint density at radius 1 is 1.35 bits per heavy atom. The van der Waals surface area contributed by atoms with Gasteiger partial charge in [0.1, 0.15) is 17.7 Å². The molecule has 5 nitrogen and oxygen atoms in total. The van der Waals surface area contributed by atoms with Crippen molar-refractivity contribution in [3.63, 3.8) is 0 Å². The number of hydrogen-bond donors (Lipinski definition) is 1. The average Bonchev–Trinajstić information content (AvgIpc) is 2.84. The van der Waals surface area contributed by atoms with Crippen LogP contribution >= 0.6 is 0 Å². The van der Waals surface area contributed by atoms with Crippen LogP contribution in [0.4, 0.5) is 0 Å². The van der Waals surface area contributed by atoms with E-state index in [2.05, 4.69) is 34.5 Å². The molecule has 0 saturated carbocycles. The van der Waals surface area contributed by atoms with Gasteiger partial charge in [0.2, 0.25) is 0 Å². The zero-order valence-electron chi connectivity index (χ0n) is 11.4. The van der Waals surface area contributed by atoms with Gasteiger partial charge in [0.05, 0.1) is 0 Å². The molecule has 1 aliphatic rings. The number of carboxylic acids is 1. The second kappa shape index (κ2) is 5.07. The van der Waals surface area contributed by atoms with Crippen LogP contribution in [-0.2, 0) is 17.6 Å². The van der Waals surface area contributed by atoms with E-state index >= 15 is 0 Å². The molecular formula is C15H17N3O2. The fourth-order valence-corrected chi connectivity index (χ4v) is 2.72. The van der Waals surface area contributed by atoms with Crippen LogP contribution in [0.3, 0.4) is 0 Å². The van der Waals surface area contributed by atoms with Crippen LogP contribution in [0.2, 0.25) is 0 Å². The number of nitrogens with zero attached hydrogens (tertiary/aromatic N) is 3. The minimum atomic E-state index is -0.795. The first-order valence-electron chi connectivity index (χ1n) is 6.86. The van der Waals surface area contributed by atoms with Gasteiger partial charge in [0.25, 0.3) is 0 Å². The van der Waals surface area contributed by atoms with Gasteiger partial charge < -0.3 is 9.67 Å². The lowest BCUT2D eigenvalue weighted by Crippen LogP contribution is -2.26. The molecule has 0 aliphatic carbocycles. The van der Waals surface area contributed by atoms with Gasteiger partial charge in [0.15, 0.2) is 0 Å². The van der Waals surface area contributed by atoms with Crippen LogP contribution in [0.15, 0.2) is 24.3 Å². The van der Waals surface area contributed by atoms with Gasteiger partial charge in [-0.15, -0.1) is 10.2 Å². The van der Waals surface area contributed by atoms with Crippen molar-refractivity contribution < 1.29 is 9.90 Å². The predicted molar refractivity (Wildman–Crippen MR) is 73.6 cm³/mol. The summed E-state index contributed by atoms with van der Waals surface area (Å²) in [5.41, 5.74) is 2.33. The van der Waals surface area contributed by atoms with Gasteiger partial charge >= 0.3 is 5.97 Å². The van der Waals surface area contributed by atoms with Crippen LogP contribution in [0.25, 0.3) is 0 Å². The number of aryl methyl sites for hydroxylation is 2. The van der Waals surface area contributed by atoms with Crippen molar-refractivity contribution in [3.8, 4) is 0 Å². The minimum Gasteiger partial charge on any atom is -0.480 e. The molecule has 2 heterocycles. The van der Waals surface area contributed by atoms with Crippen molar-refractivity contribution >= 4 is 5.97 Å². The summed E-state index contributed by atoms with van der Waals surface area (Å²) < 4.78 is 1.81. The maximum absolute atomic E-state index is 11.4. The Bertz CT molecular complexity index is 631. The molecule has 1 aromatic carbocycles. The largest absolute Gasteiger partial charge is 0.480 e. The molecule has 0 bridgehead atoms. The molecule has 1 N–H and O–H groups in total. The van der Waals surface area contributed by atoms with Crippen LogP contribution in [0.1, 0.15) is 41.7 Å². The highest BCUT2D eigenvalue weighted by Crippen LogP contribution is 2.26. The number of aromatic nitrogens is 3. The van der Waals surface area contributed by atoms with Gasteiger partial charge in [-0.25, -0.2) is 4.79 Å². The summed E-state index contributed by atoms with van der Waals surface area (Å²) in [6, 6.07) is 7.69. The van der Waals surface area contributed by atoms with E-state index in [-0.39, 0.29) is 0 Å². The molecule has 0 amide bonds. The average molecular weight is 271 g/mol. The van der Waals surface area contributed by atoms with Crippen molar-refractivity contribution in [2.75, 3.05) is 0 Å². The lowest BCUT2D eigenvalue weighted by atomic mass is 10.0. The van der Waals surface area contributed by atoms with Crippen LogP contribution in [0.5, 0.6) is 0 Å². The Labute approximate surface area is 117 Å². The molecule has 20 heavy (non-hydrogen) atoms. The quantitative estimate of drug-likeness (QED) is 0.928. The van der Waals surface area contributed by atoms with E-state index in [4.69, 9.17) is 0 Å². The summed E-state index contributed by atoms with van der Waals surface area (Å²) in [4.78, 5) is 11.4. The molecule has 0 radical (unpaired) electrons. The Kier molecular flexibility index (Phi) is 3.26. The van der Waals surface area contributed by atoms with Crippen molar-refractivity contribution in [2.24, 2.45) is 0 Å². The standard InChI is InChI=1S/C15H17N3O2/c1-10-5-7-11(8-6-10)9-14-17-16-13-4-2-3-12(15(19)20)18(13)14/h5-8,12H,2-4,9H2,1H3,(H,19,20). The number of carbonyl (C=O) groups is 1. The predicted octanol–water partition coefficient (Wildman–Crippen LogP) is 2.14. The smallest absolute Gasteiger partial charge is 0.326 e. The van der Waals surface area contributed by atoms with Crippen LogP contribution < -0.4 is 0 Å². The van der Waals surface area contributed by atoms with Crippen molar-refractivity contribution in [2.45, 2.75) is 38.6 Å². The van der Waals surface area contributed by atoms with E-state index in [0.29, 0.717) is 12.8 Å². The van der Waals surface area contributed by atoms with Gasteiger partial charge in [-0.3, -0.25) is 0 Å². The van der Waals surface area contributed by atoms with E-state index in [0.717, 1.165) is 30.1 Å². The SMILES string of the molecule is Cc1ccc(Cc2nnc3n2C(C(=O)O)CCC3)cc1. The zero-order valence-corrected chi connectivity index (χ0v) is 11.4. The second-order valence-corrected chi connectivity index (χ2v) is 5.31. The highest BCUT2D eigenvalue weighted by atomic mass is 16.4. The molecular weight excluding hydrogens is 254 g/mol. The first-order valence-corrected chi connectivity index (χ1v) is 6.86. The molecule has 1 aromatic heterocycles. The van der Waals surface area contributed by atoms with Crippen LogP contribution in [0, 0.1) is 6.92 Å². The third kappa shape index (κ3) is 2.31. The van der Waals surface area contributed by atoms with Gasteiger partial charge in [-0.1, -0.05) is 29.8 Å². The molecule has 3 rings (SSSR count). The minimum absolute atomic E-state index is 0.519. The van der Waals surface area contributed by atoms with Crippen molar-refractivity contribution in [3.05, 3.63) is 47.0 Å². The zero-order chi connectivity index (χ0) is 14.1. The van der Waals surface area contributed by atoms with E-state index in [1.54, 1.807) is 0 Å². The lowest BCUT2D eigenvalue weighted by molar-refractivity contribution is -0.141. The van der Waals surface area contributed by atoms with Gasteiger partial charge in [0, 0.05) is 12.8 Å². The Hall–Kier alpha value is -2.17. The van der Waals surface area contributed by atoms with E-state index < -0.39 is 12.0 Å². The number of benzene rings is 1. The summed E-state index contributed by atoms with van der Waals surface area (Å²) >= 11 is 0. The monoisotopic (exact) mass is 271 g/mol. The Balaban J connectivity index is 1.93. The lowest BCUT2D eigenvalue weighted by Gasteiger charge is -2.22. The van der Waals surface area contributed by atoms with Gasteiger partial charge in [-0.05, 0) is 25.3 Å². The highest BCUT2D eigenvalue weighted by Gasteiger charge is 2.29. The Morgan fingerprint density at radius 3 is 2.80 bits per heavy atom.